The van der Waals surface area contributed by atoms with Crippen molar-refractivity contribution in [3.8, 4) is 17.2 Å². The van der Waals surface area contributed by atoms with Gasteiger partial charge in [-0.25, -0.2) is 0 Å². The normalized spacial score (nSPS) is 10.4. The molecule has 3 rings (SSSR count). The maximum atomic E-state index is 11.1. The predicted molar refractivity (Wildman–Crippen MR) is 139 cm³/mol. The largest absolute Gasteiger partial charge is 0.545 e. The average Bonchev–Trinajstić information content (AvgIpc) is 2.85. The predicted octanol–water partition coefficient (Wildman–Crippen LogP) is 4.44. The summed E-state index contributed by atoms with van der Waals surface area (Å²) in [6.07, 6.45) is 0. The van der Waals surface area contributed by atoms with Crippen LogP contribution >= 0.6 is 23.8 Å². The molecule has 9 heteroatoms. The molecule has 0 unspecified atom stereocenters. The van der Waals surface area contributed by atoms with Crippen LogP contribution in [0.4, 0.5) is 5.69 Å². The Morgan fingerprint density at radius 1 is 0.914 bits per heavy atom. The summed E-state index contributed by atoms with van der Waals surface area (Å²) >= 11 is 12.0. The van der Waals surface area contributed by atoms with Crippen LogP contribution < -0.4 is 24.6 Å². The van der Waals surface area contributed by atoms with Crippen molar-refractivity contribution in [2.24, 2.45) is 0 Å². The fraction of sp³-hybridized carbons (Fsp3) is 0.231. The summed E-state index contributed by atoms with van der Waals surface area (Å²) < 4.78 is 16.3. The number of rotatable bonds is 9. The molecule has 0 amide bonds. The van der Waals surface area contributed by atoms with E-state index in [1.165, 1.54) is 12.1 Å². The summed E-state index contributed by atoms with van der Waals surface area (Å²) in [6.45, 7) is 2.77. The Bertz CT molecular complexity index is 1220. The number of carboxylic acid groups (broad SMARTS) is 1. The maximum absolute atomic E-state index is 11.1. The molecule has 0 saturated heterocycles. The van der Waals surface area contributed by atoms with Crippen molar-refractivity contribution < 1.29 is 24.1 Å². The van der Waals surface area contributed by atoms with Crippen LogP contribution in [0.1, 0.15) is 27.0 Å². The lowest BCUT2D eigenvalue weighted by Gasteiger charge is -2.27. The molecule has 3 aromatic carbocycles. The highest BCUT2D eigenvalue weighted by Crippen LogP contribution is 2.32. The van der Waals surface area contributed by atoms with Crippen molar-refractivity contribution in [3.63, 3.8) is 0 Å². The third kappa shape index (κ3) is 6.55. The van der Waals surface area contributed by atoms with E-state index < -0.39 is 5.97 Å². The number of benzene rings is 3. The van der Waals surface area contributed by atoms with Crippen LogP contribution in [0.15, 0.2) is 54.6 Å². The summed E-state index contributed by atoms with van der Waals surface area (Å²) in [6, 6.07) is 15.8. The standard InChI is InChI=1S/C26H27ClN2O5S/c1-16-11-21(23(33-3)13-20(16)27)28-26(35)29(14-17-5-8-19(9-6-17)25(30)31)15-18-7-10-22(32-2)24(12-18)34-4/h5-13H,14-15H2,1-4H3,(H,28,35)(H,30,31)/p-1. The summed E-state index contributed by atoms with van der Waals surface area (Å²) in [5.41, 5.74) is 3.49. The van der Waals surface area contributed by atoms with Gasteiger partial charge in [0.25, 0.3) is 0 Å². The van der Waals surface area contributed by atoms with Crippen LogP contribution in [-0.2, 0) is 13.1 Å². The third-order valence-electron chi connectivity index (χ3n) is 5.39. The molecule has 184 valence electrons. The number of carboxylic acids is 1. The maximum Gasteiger partial charge on any atom is 0.174 e. The number of hydrogen-bond acceptors (Lipinski definition) is 6. The minimum Gasteiger partial charge on any atom is -0.545 e. The number of ether oxygens (including phenoxy) is 3. The highest BCUT2D eigenvalue weighted by molar-refractivity contribution is 7.80. The van der Waals surface area contributed by atoms with Gasteiger partial charge in [-0.2, -0.15) is 0 Å². The zero-order chi connectivity index (χ0) is 25.5. The second kappa shape index (κ2) is 11.8. The Kier molecular flexibility index (Phi) is 8.78. The Morgan fingerprint density at radius 3 is 2.11 bits per heavy atom. The molecule has 0 bridgehead atoms. The van der Waals surface area contributed by atoms with Crippen molar-refractivity contribution in [1.82, 2.24) is 4.90 Å². The highest BCUT2D eigenvalue weighted by Gasteiger charge is 2.16. The van der Waals surface area contributed by atoms with Crippen LogP contribution in [0, 0.1) is 6.92 Å². The lowest BCUT2D eigenvalue weighted by molar-refractivity contribution is -0.255. The first kappa shape index (κ1) is 26.1. The van der Waals surface area contributed by atoms with Gasteiger partial charge in [-0.05, 0) is 59.6 Å². The van der Waals surface area contributed by atoms with E-state index in [-0.39, 0.29) is 5.56 Å². The summed E-state index contributed by atoms with van der Waals surface area (Å²) in [5.74, 6) is 0.577. The SMILES string of the molecule is COc1cc(Cl)c(C)cc1NC(=S)N(Cc1ccc(C(=O)[O-])cc1)Cc1ccc(OC)c(OC)c1. The topological polar surface area (TPSA) is 83.1 Å². The molecule has 35 heavy (non-hydrogen) atoms. The molecule has 0 aliphatic heterocycles. The van der Waals surface area contributed by atoms with Crippen molar-refractivity contribution in [3.05, 3.63) is 81.9 Å². The van der Waals surface area contributed by atoms with Crippen molar-refractivity contribution >= 4 is 40.6 Å². The van der Waals surface area contributed by atoms with Gasteiger partial charge in [-0.15, -0.1) is 0 Å². The molecule has 7 nitrogen and oxygen atoms in total. The second-order valence-corrected chi connectivity index (χ2v) is 8.56. The van der Waals surface area contributed by atoms with Gasteiger partial charge in [-0.1, -0.05) is 41.9 Å². The summed E-state index contributed by atoms with van der Waals surface area (Å²) in [7, 11) is 4.73. The van der Waals surface area contributed by atoms with Crippen LogP contribution in [0.3, 0.4) is 0 Å². The average molecular weight is 514 g/mol. The fourth-order valence-electron chi connectivity index (χ4n) is 3.49. The molecule has 0 saturated carbocycles. The van der Waals surface area contributed by atoms with Gasteiger partial charge in [0, 0.05) is 24.2 Å². The molecule has 0 radical (unpaired) electrons. The molecule has 0 atom stereocenters. The quantitative estimate of drug-likeness (QED) is 0.421. The first-order valence-corrected chi connectivity index (χ1v) is 11.5. The minimum atomic E-state index is -1.22. The summed E-state index contributed by atoms with van der Waals surface area (Å²) in [5, 5.41) is 15.4. The van der Waals surface area contributed by atoms with Crippen molar-refractivity contribution in [2.45, 2.75) is 20.0 Å². The van der Waals surface area contributed by atoms with E-state index in [1.807, 2.05) is 36.1 Å². The zero-order valence-corrected chi connectivity index (χ0v) is 21.5. The van der Waals surface area contributed by atoms with Gasteiger partial charge >= 0.3 is 0 Å². The van der Waals surface area contributed by atoms with Crippen LogP contribution in [0.5, 0.6) is 17.2 Å². The van der Waals surface area contributed by atoms with E-state index >= 15 is 0 Å². The molecular weight excluding hydrogens is 488 g/mol. The van der Waals surface area contributed by atoms with Crippen LogP contribution in [0.2, 0.25) is 5.02 Å². The smallest absolute Gasteiger partial charge is 0.174 e. The molecule has 0 aliphatic rings. The molecule has 3 aromatic rings. The van der Waals surface area contributed by atoms with Gasteiger partial charge in [0.1, 0.15) is 5.75 Å². The van der Waals surface area contributed by atoms with E-state index in [2.05, 4.69) is 5.32 Å². The molecule has 0 aromatic heterocycles. The number of carbonyl (C=O) groups is 1. The van der Waals surface area contributed by atoms with Gasteiger partial charge in [0.15, 0.2) is 16.6 Å². The lowest BCUT2D eigenvalue weighted by atomic mass is 10.1. The number of hydrogen-bond donors (Lipinski definition) is 1. The molecule has 0 fully saturated rings. The van der Waals surface area contributed by atoms with E-state index in [4.69, 9.17) is 38.0 Å². The second-order valence-electron chi connectivity index (χ2n) is 7.76. The number of nitrogens with one attached hydrogen (secondary N) is 1. The highest BCUT2D eigenvalue weighted by atomic mass is 35.5. The van der Waals surface area contributed by atoms with Crippen LogP contribution in [-0.4, -0.2) is 37.3 Å². The molecular formula is C26H26ClN2O5S-. The molecule has 0 aliphatic carbocycles. The van der Waals surface area contributed by atoms with Gasteiger partial charge < -0.3 is 34.3 Å². The van der Waals surface area contributed by atoms with E-state index in [1.54, 1.807) is 39.5 Å². The fourth-order valence-corrected chi connectivity index (χ4v) is 3.88. The number of thiocarbonyl (C=S) groups is 1. The number of anilines is 1. The number of aromatic carboxylic acids is 1. The third-order valence-corrected chi connectivity index (χ3v) is 6.16. The lowest BCUT2D eigenvalue weighted by Crippen LogP contribution is -2.34. The van der Waals surface area contributed by atoms with E-state index in [0.717, 1.165) is 16.7 Å². The molecule has 1 N–H and O–H groups in total. The number of methoxy groups -OCH3 is 3. The zero-order valence-electron chi connectivity index (χ0n) is 19.9. The monoisotopic (exact) mass is 513 g/mol. The minimum absolute atomic E-state index is 0.113. The van der Waals surface area contributed by atoms with Crippen LogP contribution in [0.25, 0.3) is 0 Å². The van der Waals surface area contributed by atoms with Gasteiger partial charge in [0.05, 0.1) is 33.0 Å². The van der Waals surface area contributed by atoms with Gasteiger partial charge in [0.2, 0.25) is 0 Å². The van der Waals surface area contributed by atoms with Gasteiger partial charge in [-0.3, -0.25) is 0 Å². The van der Waals surface area contributed by atoms with E-state index in [9.17, 15) is 9.90 Å². The first-order valence-electron chi connectivity index (χ1n) is 10.7. The Labute approximate surface area is 215 Å². The number of halogens is 1. The van der Waals surface area contributed by atoms with E-state index in [0.29, 0.717) is 46.2 Å². The van der Waals surface area contributed by atoms with Crippen molar-refractivity contribution in [2.75, 3.05) is 26.6 Å². The Hall–Kier alpha value is -3.49. The first-order chi connectivity index (χ1) is 16.7. The Balaban J connectivity index is 1.91. The molecule has 0 spiro atoms. The number of nitrogens with zero attached hydrogens (tertiary/aromatic N) is 1. The number of aryl methyl sites for hydroxylation is 1. The number of carbonyl (C=O) groups excluding carboxylic acids is 1. The van der Waals surface area contributed by atoms with Crippen molar-refractivity contribution in [1.29, 1.82) is 0 Å². The summed E-state index contributed by atoms with van der Waals surface area (Å²) in [4.78, 5) is 13.1. The Morgan fingerprint density at radius 2 is 1.51 bits per heavy atom. The molecule has 0 heterocycles.